The van der Waals surface area contributed by atoms with Gasteiger partial charge in [0.05, 0.1) is 18.1 Å². The van der Waals surface area contributed by atoms with E-state index in [1.54, 1.807) is 25.1 Å². The van der Waals surface area contributed by atoms with Crippen LogP contribution in [0, 0.1) is 10.1 Å². The molecule has 0 fully saturated rings. The third kappa shape index (κ3) is 6.07. The van der Waals surface area contributed by atoms with Crippen LogP contribution in [-0.2, 0) is 16.1 Å². The number of hydrogen-bond donors (Lipinski definition) is 1. The summed E-state index contributed by atoms with van der Waals surface area (Å²) in [6, 6.07) is 4.61. The van der Waals surface area contributed by atoms with E-state index < -0.39 is 4.92 Å². The first-order chi connectivity index (χ1) is 9.93. The van der Waals surface area contributed by atoms with Crippen molar-refractivity contribution in [2.45, 2.75) is 6.54 Å². The maximum absolute atomic E-state index is 11.6. The summed E-state index contributed by atoms with van der Waals surface area (Å²) in [6.45, 7) is 1.52. The molecule has 7 nitrogen and oxygen atoms in total. The molecule has 0 saturated heterocycles. The highest BCUT2D eigenvalue weighted by Crippen LogP contribution is 2.25. The predicted octanol–water partition coefficient (Wildman–Crippen LogP) is 1.44. The van der Waals surface area contributed by atoms with E-state index >= 15 is 0 Å². The molecular weight excluding hydrogens is 298 g/mol. The first-order valence-corrected chi connectivity index (χ1v) is 6.69. The lowest BCUT2D eigenvalue weighted by Gasteiger charge is -2.16. The number of hydrogen-bond acceptors (Lipinski definition) is 5. The Bertz CT molecular complexity index is 510. The number of carbonyl (C=O) groups is 1. The number of rotatable bonds is 8. The standard InChI is InChI=1S/C13H18ClN3O4/c1-16(9-13(18)15-5-6-21-2)8-10-3-4-11(14)12(7-10)17(19)20/h3-4,7H,5-6,8-9H2,1-2H3,(H,15,18). The van der Waals surface area contributed by atoms with Gasteiger partial charge in [0, 0.05) is 26.3 Å². The largest absolute Gasteiger partial charge is 0.383 e. The molecule has 0 unspecified atom stereocenters. The van der Waals surface area contributed by atoms with Crippen molar-refractivity contribution in [3.63, 3.8) is 0 Å². The minimum absolute atomic E-state index is 0.101. The Labute approximate surface area is 128 Å². The maximum Gasteiger partial charge on any atom is 0.288 e. The summed E-state index contributed by atoms with van der Waals surface area (Å²) in [5.41, 5.74) is 0.588. The molecule has 0 aliphatic rings. The fourth-order valence-corrected chi connectivity index (χ4v) is 1.94. The molecule has 8 heteroatoms. The lowest BCUT2D eigenvalue weighted by atomic mass is 10.2. The molecular formula is C13H18ClN3O4. The summed E-state index contributed by atoms with van der Waals surface area (Å²) in [6.07, 6.45) is 0. The molecule has 0 heterocycles. The molecule has 0 aromatic heterocycles. The summed E-state index contributed by atoms with van der Waals surface area (Å²) in [5, 5.41) is 13.6. The van der Waals surface area contributed by atoms with Crippen LogP contribution in [0.25, 0.3) is 0 Å². The molecule has 0 atom stereocenters. The van der Waals surface area contributed by atoms with Crippen LogP contribution in [0.5, 0.6) is 0 Å². The predicted molar refractivity (Wildman–Crippen MR) is 79.3 cm³/mol. The highest BCUT2D eigenvalue weighted by Gasteiger charge is 2.14. The van der Waals surface area contributed by atoms with Crippen LogP contribution in [0.4, 0.5) is 5.69 Å². The smallest absolute Gasteiger partial charge is 0.288 e. The maximum atomic E-state index is 11.6. The van der Waals surface area contributed by atoms with Crippen molar-refractivity contribution in [2.24, 2.45) is 0 Å². The Kier molecular flexibility index (Phi) is 7.07. The molecule has 1 aromatic carbocycles. The summed E-state index contributed by atoms with van der Waals surface area (Å²) in [7, 11) is 3.32. The second kappa shape index (κ2) is 8.56. The zero-order valence-corrected chi connectivity index (χ0v) is 12.7. The molecule has 0 radical (unpaired) electrons. The normalized spacial score (nSPS) is 10.7. The third-order valence-electron chi connectivity index (χ3n) is 2.70. The Morgan fingerprint density at radius 1 is 1.52 bits per heavy atom. The number of methoxy groups -OCH3 is 1. The molecule has 1 rings (SSSR count). The quantitative estimate of drug-likeness (QED) is 0.446. The minimum Gasteiger partial charge on any atom is -0.383 e. The lowest BCUT2D eigenvalue weighted by Crippen LogP contribution is -2.36. The van der Waals surface area contributed by atoms with Gasteiger partial charge in [-0.05, 0) is 18.7 Å². The van der Waals surface area contributed by atoms with Gasteiger partial charge in [0.1, 0.15) is 5.02 Å². The van der Waals surface area contributed by atoms with Gasteiger partial charge >= 0.3 is 0 Å². The van der Waals surface area contributed by atoms with E-state index in [0.29, 0.717) is 19.7 Å². The van der Waals surface area contributed by atoms with E-state index in [4.69, 9.17) is 16.3 Å². The van der Waals surface area contributed by atoms with Crippen LogP contribution >= 0.6 is 11.6 Å². The summed E-state index contributed by atoms with van der Waals surface area (Å²) < 4.78 is 4.83. The van der Waals surface area contributed by atoms with Gasteiger partial charge < -0.3 is 10.1 Å². The van der Waals surface area contributed by atoms with E-state index in [2.05, 4.69) is 5.32 Å². The monoisotopic (exact) mass is 315 g/mol. The average Bonchev–Trinajstić information content (AvgIpc) is 2.40. The van der Waals surface area contributed by atoms with Gasteiger partial charge in [-0.3, -0.25) is 19.8 Å². The number of likely N-dealkylation sites (N-methyl/N-ethyl adjacent to an activating group) is 1. The van der Waals surface area contributed by atoms with Crippen LogP contribution in [0.2, 0.25) is 5.02 Å². The van der Waals surface area contributed by atoms with Crippen molar-refractivity contribution in [1.29, 1.82) is 0 Å². The molecule has 1 aromatic rings. The number of nitrogens with one attached hydrogen (secondary N) is 1. The average molecular weight is 316 g/mol. The molecule has 0 spiro atoms. The van der Waals surface area contributed by atoms with Gasteiger partial charge in [-0.1, -0.05) is 17.7 Å². The number of ether oxygens (including phenoxy) is 1. The second-order valence-electron chi connectivity index (χ2n) is 4.56. The number of amides is 1. The minimum atomic E-state index is -0.525. The van der Waals surface area contributed by atoms with Crippen molar-refractivity contribution in [3.05, 3.63) is 38.9 Å². The van der Waals surface area contributed by atoms with Crippen LogP contribution in [0.1, 0.15) is 5.56 Å². The second-order valence-corrected chi connectivity index (χ2v) is 4.97. The molecule has 21 heavy (non-hydrogen) atoms. The van der Waals surface area contributed by atoms with Crippen molar-refractivity contribution in [1.82, 2.24) is 10.2 Å². The summed E-state index contributed by atoms with van der Waals surface area (Å²) >= 11 is 5.75. The summed E-state index contributed by atoms with van der Waals surface area (Å²) in [5.74, 6) is -0.127. The number of nitro benzene ring substituents is 1. The van der Waals surface area contributed by atoms with Gasteiger partial charge in [0.15, 0.2) is 0 Å². The first kappa shape index (κ1) is 17.4. The van der Waals surface area contributed by atoms with Gasteiger partial charge in [-0.25, -0.2) is 0 Å². The highest BCUT2D eigenvalue weighted by atomic mass is 35.5. The molecule has 0 aliphatic carbocycles. The van der Waals surface area contributed by atoms with Gasteiger partial charge in [0.2, 0.25) is 5.91 Å². The third-order valence-corrected chi connectivity index (χ3v) is 3.02. The van der Waals surface area contributed by atoms with Crippen LogP contribution < -0.4 is 5.32 Å². The fourth-order valence-electron chi connectivity index (χ4n) is 1.76. The molecule has 0 saturated carbocycles. The van der Waals surface area contributed by atoms with Crippen LogP contribution in [0.3, 0.4) is 0 Å². The number of nitro groups is 1. The summed E-state index contributed by atoms with van der Waals surface area (Å²) in [4.78, 5) is 23.7. The highest BCUT2D eigenvalue weighted by molar-refractivity contribution is 6.32. The Morgan fingerprint density at radius 2 is 2.24 bits per heavy atom. The van der Waals surface area contributed by atoms with Gasteiger partial charge in [-0.2, -0.15) is 0 Å². The number of halogens is 1. The molecule has 1 N–H and O–H groups in total. The van der Waals surface area contributed by atoms with E-state index in [9.17, 15) is 14.9 Å². The van der Waals surface area contributed by atoms with Crippen molar-refractivity contribution >= 4 is 23.2 Å². The van der Waals surface area contributed by atoms with Crippen molar-refractivity contribution in [2.75, 3.05) is 33.9 Å². The van der Waals surface area contributed by atoms with Gasteiger partial charge in [0.25, 0.3) is 5.69 Å². The van der Waals surface area contributed by atoms with E-state index in [1.165, 1.54) is 12.1 Å². The SMILES string of the molecule is COCCNC(=O)CN(C)Cc1ccc(Cl)c([N+](=O)[O-])c1. The molecule has 0 aliphatic heterocycles. The molecule has 1 amide bonds. The Morgan fingerprint density at radius 3 is 2.86 bits per heavy atom. The van der Waals surface area contributed by atoms with Crippen LogP contribution in [0.15, 0.2) is 18.2 Å². The van der Waals surface area contributed by atoms with Crippen LogP contribution in [-0.4, -0.2) is 49.6 Å². The molecule has 0 bridgehead atoms. The number of carbonyl (C=O) groups excluding carboxylic acids is 1. The Hall–Kier alpha value is -1.70. The van der Waals surface area contributed by atoms with Gasteiger partial charge in [-0.15, -0.1) is 0 Å². The first-order valence-electron chi connectivity index (χ1n) is 6.31. The number of benzene rings is 1. The topological polar surface area (TPSA) is 84.7 Å². The number of nitrogens with zero attached hydrogens (tertiary/aromatic N) is 2. The lowest BCUT2D eigenvalue weighted by molar-refractivity contribution is -0.384. The molecule has 116 valence electrons. The van der Waals surface area contributed by atoms with E-state index in [0.717, 1.165) is 5.56 Å². The van der Waals surface area contributed by atoms with E-state index in [1.807, 2.05) is 0 Å². The fraction of sp³-hybridized carbons (Fsp3) is 0.462. The Balaban J connectivity index is 2.54. The zero-order chi connectivity index (χ0) is 15.8. The van der Waals surface area contributed by atoms with E-state index in [-0.39, 0.29) is 23.2 Å². The van der Waals surface area contributed by atoms with Crippen molar-refractivity contribution < 1.29 is 14.5 Å². The van der Waals surface area contributed by atoms with Crippen molar-refractivity contribution in [3.8, 4) is 0 Å². The zero-order valence-electron chi connectivity index (χ0n) is 12.0.